The molecule has 0 atom stereocenters. The van der Waals surface area contributed by atoms with E-state index in [9.17, 15) is 9.18 Å². The Kier molecular flexibility index (Phi) is 4.11. The van der Waals surface area contributed by atoms with Crippen molar-refractivity contribution >= 4 is 28.1 Å². The molecule has 1 amide bonds. The van der Waals surface area contributed by atoms with Gasteiger partial charge < -0.3 is 4.42 Å². The topological polar surface area (TPSA) is 54.6 Å². The third kappa shape index (κ3) is 3.29. The quantitative estimate of drug-likeness (QED) is 0.696. The number of furan rings is 1. The van der Waals surface area contributed by atoms with Crippen LogP contribution in [0.3, 0.4) is 0 Å². The predicted octanol–water partition coefficient (Wildman–Crippen LogP) is 3.25. The van der Waals surface area contributed by atoms with Crippen molar-refractivity contribution in [2.24, 2.45) is 5.10 Å². The number of amides is 1. The van der Waals surface area contributed by atoms with E-state index in [0.717, 1.165) is 0 Å². The Morgan fingerprint density at radius 2 is 2.26 bits per heavy atom. The monoisotopic (exact) mass is 324 g/mol. The number of nitrogens with one attached hydrogen (secondary N) is 1. The average Bonchev–Trinajstić information content (AvgIpc) is 2.78. The summed E-state index contributed by atoms with van der Waals surface area (Å²) in [4.78, 5) is 11.7. The highest BCUT2D eigenvalue weighted by molar-refractivity contribution is 9.10. The first-order chi connectivity index (χ1) is 9.08. The lowest BCUT2D eigenvalue weighted by molar-refractivity contribution is 0.0953. The molecule has 2 aromatic rings. The molecule has 0 fully saturated rings. The second-order valence-electron chi connectivity index (χ2n) is 3.76. The molecular formula is C13H10BrFN2O2. The number of benzene rings is 1. The number of aryl methyl sites for hydroxylation is 1. The van der Waals surface area contributed by atoms with Crippen molar-refractivity contribution in [3.8, 4) is 0 Å². The molecule has 6 heteroatoms. The van der Waals surface area contributed by atoms with Crippen molar-refractivity contribution in [2.75, 3.05) is 0 Å². The molecule has 1 heterocycles. The summed E-state index contributed by atoms with van der Waals surface area (Å²) in [6.07, 6.45) is 2.66. The maximum Gasteiger partial charge on any atom is 0.274 e. The highest BCUT2D eigenvalue weighted by Gasteiger charge is 2.09. The van der Waals surface area contributed by atoms with Crippen molar-refractivity contribution in [3.63, 3.8) is 0 Å². The van der Waals surface area contributed by atoms with E-state index >= 15 is 0 Å². The van der Waals surface area contributed by atoms with Gasteiger partial charge in [-0.3, -0.25) is 4.79 Å². The third-order valence-electron chi connectivity index (χ3n) is 2.44. The SMILES string of the molecule is Cc1occc1C(=O)N/N=C\c1ccc(Br)cc1F. The van der Waals surface area contributed by atoms with E-state index in [-0.39, 0.29) is 5.56 Å². The van der Waals surface area contributed by atoms with Gasteiger partial charge in [-0.1, -0.05) is 15.9 Å². The first-order valence-electron chi connectivity index (χ1n) is 5.40. The van der Waals surface area contributed by atoms with E-state index < -0.39 is 11.7 Å². The van der Waals surface area contributed by atoms with Crippen LogP contribution in [0.1, 0.15) is 21.7 Å². The fourth-order valence-corrected chi connectivity index (χ4v) is 1.78. The summed E-state index contributed by atoms with van der Waals surface area (Å²) in [5.41, 5.74) is 2.99. The molecule has 0 saturated carbocycles. The van der Waals surface area contributed by atoms with E-state index in [0.29, 0.717) is 15.8 Å². The zero-order valence-corrected chi connectivity index (χ0v) is 11.6. The van der Waals surface area contributed by atoms with E-state index in [2.05, 4.69) is 26.5 Å². The fraction of sp³-hybridized carbons (Fsp3) is 0.0769. The number of hydrogen-bond donors (Lipinski definition) is 1. The second-order valence-corrected chi connectivity index (χ2v) is 4.67. The van der Waals surface area contributed by atoms with Gasteiger partial charge in [0.15, 0.2) is 0 Å². The van der Waals surface area contributed by atoms with Crippen molar-refractivity contribution < 1.29 is 13.6 Å². The first-order valence-corrected chi connectivity index (χ1v) is 6.20. The van der Waals surface area contributed by atoms with Gasteiger partial charge in [0.25, 0.3) is 5.91 Å². The van der Waals surface area contributed by atoms with E-state index in [4.69, 9.17) is 4.42 Å². The highest BCUT2D eigenvalue weighted by atomic mass is 79.9. The van der Waals surface area contributed by atoms with Crippen LogP contribution in [-0.2, 0) is 0 Å². The Labute approximate surface area is 117 Å². The summed E-state index contributed by atoms with van der Waals surface area (Å²) in [6, 6.07) is 6.11. The molecule has 0 aliphatic rings. The van der Waals surface area contributed by atoms with Crippen molar-refractivity contribution in [2.45, 2.75) is 6.92 Å². The summed E-state index contributed by atoms with van der Waals surface area (Å²) in [5, 5.41) is 3.71. The minimum atomic E-state index is -0.424. The van der Waals surface area contributed by atoms with Gasteiger partial charge in [-0.15, -0.1) is 0 Å². The van der Waals surface area contributed by atoms with Crippen molar-refractivity contribution in [3.05, 3.63) is 57.7 Å². The van der Waals surface area contributed by atoms with Gasteiger partial charge in [-0.05, 0) is 31.2 Å². The van der Waals surface area contributed by atoms with Crippen LogP contribution >= 0.6 is 15.9 Å². The molecule has 0 bridgehead atoms. The van der Waals surface area contributed by atoms with Crippen LogP contribution in [0, 0.1) is 12.7 Å². The number of hydrazone groups is 1. The van der Waals surface area contributed by atoms with E-state index in [1.807, 2.05) is 0 Å². The lowest BCUT2D eigenvalue weighted by Crippen LogP contribution is -2.17. The average molecular weight is 325 g/mol. The summed E-state index contributed by atoms with van der Waals surface area (Å²) in [6.45, 7) is 1.67. The van der Waals surface area contributed by atoms with Crippen LogP contribution in [0.4, 0.5) is 4.39 Å². The van der Waals surface area contributed by atoms with E-state index in [1.54, 1.807) is 25.1 Å². The van der Waals surface area contributed by atoms with Crippen molar-refractivity contribution in [1.82, 2.24) is 5.43 Å². The number of carbonyl (C=O) groups is 1. The maximum atomic E-state index is 13.5. The summed E-state index contributed by atoms with van der Waals surface area (Å²) >= 11 is 3.16. The summed E-state index contributed by atoms with van der Waals surface area (Å²) in [7, 11) is 0. The van der Waals surface area contributed by atoms with Gasteiger partial charge in [0.2, 0.25) is 0 Å². The lowest BCUT2D eigenvalue weighted by atomic mass is 10.2. The standard InChI is InChI=1S/C13H10BrFN2O2/c1-8-11(4-5-19-8)13(18)17-16-7-9-2-3-10(14)6-12(9)15/h2-7H,1H3,(H,17,18)/b16-7-. The number of nitrogens with zero attached hydrogens (tertiary/aromatic N) is 1. The fourth-order valence-electron chi connectivity index (χ4n) is 1.45. The van der Waals surface area contributed by atoms with Gasteiger partial charge in [-0.2, -0.15) is 5.10 Å². The molecule has 1 N–H and O–H groups in total. The number of hydrogen-bond acceptors (Lipinski definition) is 3. The normalized spacial score (nSPS) is 10.9. The molecule has 19 heavy (non-hydrogen) atoms. The van der Waals surface area contributed by atoms with Crippen LogP contribution in [-0.4, -0.2) is 12.1 Å². The number of carbonyl (C=O) groups excluding carboxylic acids is 1. The minimum Gasteiger partial charge on any atom is -0.469 e. The zero-order chi connectivity index (χ0) is 13.8. The molecule has 1 aromatic heterocycles. The lowest BCUT2D eigenvalue weighted by Gasteiger charge is -1.99. The van der Waals surface area contributed by atoms with Crippen LogP contribution in [0.5, 0.6) is 0 Å². The summed E-state index contributed by atoms with van der Waals surface area (Å²) < 4.78 is 19.1. The zero-order valence-electron chi connectivity index (χ0n) is 9.98. The molecule has 1 aromatic carbocycles. The molecule has 2 rings (SSSR count). The number of rotatable bonds is 3. The molecule has 0 aliphatic carbocycles. The van der Waals surface area contributed by atoms with Crippen LogP contribution < -0.4 is 5.43 Å². The molecule has 0 spiro atoms. The minimum absolute atomic E-state index is 0.285. The highest BCUT2D eigenvalue weighted by Crippen LogP contribution is 2.13. The molecule has 98 valence electrons. The number of halogens is 2. The predicted molar refractivity (Wildman–Crippen MR) is 72.6 cm³/mol. The van der Waals surface area contributed by atoms with Crippen LogP contribution in [0.25, 0.3) is 0 Å². The Morgan fingerprint density at radius 1 is 1.47 bits per heavy atom. The second kappa shape index (κ2) is 5.79. The molecule has 4 nitrogen and oxygen atoms in total. The maximum absolute atomic E-state index is 13.5. The van der Waals surface area contributed by atoms with Crippen LogP contribution in [0.15, 0.2) is 44.5 Å². The Balaban J connectivity index is 2.04. The Hall–Kier alpha value is -1.95. The molecular weight excluding hydrogens is 315 g/mol. The molecule has 0 aliphatic heterocycles. The Bertz CT molecular complexity index is 637. The Morgan fingerprint density at radius 3 is 2.89 bits per heavy atom. The molecule has 0 saturated heterocycles. The van der Waals surface area contributed by atoms with Gasteiger partial charge >= 0.3 is 0 Å². The summed E-state index contributed by atoms with van der Waals surface area (Å²) in [5.74, 6) is -0.325. The van der Waals surface area contributed by atoms with Gasteiger partial charge in [-0.25, -0.2) is 9.82 Å². The largest absolute Gasteiger partial charge is 0.469 e. The van der Waals surface area contributed by atoms with E-state index in [1.165, 1.54) is 18.5 Å². The van der Waals surface area contributed by atoms with Gasteiger partial charge in [0.05, 0.1) is 18.0 Å². The third-order valence-corrected chi connectivity index (χ3v) is 2.93. The van der Waals surface area contributed by atoms with Crippen molar-refractivity contribution in [1.29, 1.82) is 0 Å². The molecule has 0 unspecified atom stereocenters. The van der Waals surface area contributed by atoms with Gasteiger partial charge in [0, 0.05) is 10.0 Å². The van der Waals surface area contributed by atoms with Gasteiger partial charge in [0.1, 0.15) is 11.6 Å². The smallest absolute Gasteiger partial charge is 0.274 e. The molecule has 0 radical (unpaired) electrons. The first kappa shape index (κ1) is 13.5. The van der Waals surface area contributed by atoms with Crippen LogP contribution in [0.2, 0.25) is 0 Å².